The molecule has 2 rings (SSSR count). The highest BCUT2D eigenvalue weighted by Crippen LogP contribution is 2.20. The number of amides is 1. The number of piperidine rings is 1. The Hall–Kier alpha value is -1.96. The van der Waals surface area contributed by atoms with E-state index in [4.69, 9.17) is 4.74 Å². The SMILES string of the molecule is CN=C(NCCSc1ccccc1F)NC1CCN(C(=O)OC)CC1. The van der Waals surface area contributed by atoms with Crippen molar-refractivity contribution < 1.29 is 13.9 Å². The molecule has 25 heavy (non-hydrogen) atoms. The molecule has 0 saturated carbocycles. The molecule has 0 bridgehead atoms. The molecule has 2 N–H and O–H groups in total. The van der Waals surface area contributed by atoms with Crippen LogP contribution < -0.4 is 10.6 Å². The summed E-state index contributed by atoms with van der Waals surface area (Å²) in [4.78, 5) is 18.1. The molecule has 0 spiro atoms. The second-order valence-corrected chi connectivity index (χ2v) is 6.79. The maximum atomic E-state index is 13.6. The lowest BCUT2D eigenvalue weighted by Gasteiger charge is -2.32. The Bertz CT molecular complexity index is 592. The number of thioether (sulfide) groups is 1. The van der Waals surface area contributed by atoms with Gasteiger partial charge in [-0.3, -0.25) is 4.99 Å². The molecule has 1 aromatic carbocycles. The van der Waals surface area contributed by atoms with E-state index in [1.54, 1.807) is 24.1 Å². The first-order chi connectivity index (χ1) is 12.1. The van der Waals surface area contributed by atoms with Gasteiger partial charge in [-0.05, 0) is 25.0 Å². The number of carbonyl (C=O) groups is 1. The Labute approximate surface area is 152 Å². The van der Waals surface area contributed by atoms with E-state index in [9.17, 15) is 9.18 Å². The third-order valence-electron chi connectivity index (χ3n) is 3.98. The van der Waals surface area contributed by atoms with E-state index < -0.39 is 0 Å². The minimum absolute atomic E-state index is 0.188. The number of likely N-dealkylation sites (tertiary alicyclic amines) is 1. The van der Waals surface area contributed by atoms with Crippen LogP contribution in [-0.4, -0.2) is 62.5 Å². The number of nitrogens with zero attached hydrogens (tertiary/aromatic N) is 2. The van der Waals surface area contributed by atoms with E-state index in [1.165, 1.54) is 24.9 Å². The number of nitrogens with one attached hydrogen (secondary N) is 2. The number of benzene rings is 1. The Morgan fingerprint density at radius 2 is 2.12 bits per heavy atom. The molecule has 1 aliphatic heterocycles. The van der Waals surface area contributed by atoms with E-state index in [0.717, 1.165) is 24.6 Å². The summed E-state index contributed by atoms with van der Waals surface area (Å²) in [7, 11) is 3.13. The summed E-state index contributed by atoms with van der Waals surface area (Å²) < 4.78 is 18.3. The van der Waals surface area contributed by atoms with Gasteiger partial charge in [0.25, 0.3) is 0 Å². The number of guanidine groups is 1. The topological polar surface area (TPSA) is 66.0 Å². The number of rotatable bonds is 5. The molecule has 1 amide bonds. The van der Waals surface area contributed by atoms with Crippen molar-refractivity contribution in [3.05, 3.63) is 30.1 Å². The van der Waals surface area contributed by atoms with Crippen molar-refractivity contribution in [1.29, 1.82) is 0 Å². The number of hydrogen-bond donors (Lipinski definition) is 2. The average molecular weight is 368 g/mol. The van der Waals surface area contributed by atoms with E-state index in [2.05, 4.69) is 15.6 Å². The second-order valence-electron chi connectivity index (χ2n) is 5.65. The van der Waals surface area contributed by atoms with Crippen LogP contribution in [0.1, 0.15) is 12.8 Å². The Balaban J connectivity index is 1.68. The van der Waals surface area contributed by atoms with Crippen molar-refractivity contribution in [2.75, 3.05) is 39.5 Å². The van der Waals surface area contributed by atoms with Crippen LogP contribution in [-0.2, 0) is 4.74 Å². The van der Waals surface area contributed by atoms with E-state index in [-0.39, 0.29) is 18.0 Å². The lowest BCUT2D eigenvalue weighted by atomic mass is 10.1. The van der Waals surface area contributed by atoms with Crippen LogP contribution in [0.5, 0.6) is 0 Å². The number of aliphatic imine (C=N–C) groups is 1. The molecule has 1 saturated heterocycles. The molecule has 0 atom stereocenters. The lowest BCUT2D eigenvalue weighted by Crippen LogP contribution is -2.50. The van der Waals surface area contributed by atoms with Crippen molar-refractivity contribution in [3.8, 4) is 0 Å². The third-order valence-corrected chi connectivity index (χ3v) is 5.03. The predicted molar refractivity (Wildman–Crippen MR) is 98.6 cm³/mol. The predicted octanol–water partition coefficient (Wildman–Crippen LogP) is 2.31. The molecule has 0 aromatic heterocycles. The van der Waals surface area contributed by atoms with Gasteiger partial charge in [-0.25, -0.2) is 9.18 Å². The fourth-order valence-electron chi connectivity index (χ4n) is 2.62. The summed E-state index contributed by atoms with van der Waals surface area (Å²) in [6, 6.07) is 7.04. The van der Waals surface area contributed by atoms with Crippen molar-refractivity contribution in [1.82, 2.24) is 15.5 Å². The smallest absolute Gasteiger partial charge is 0.409 e. The normalized spacial score (nSPS) is 15.8. The van der Waals surface area contributed by atoms with Crippen molar-refractivity contribution >= 4 is 23.8 Å². The maximum Gasteiger partial charge on any atom is 0.409 e. The molecule has 138 valence electrons. The first kappa shape index (κ1) is 19.4. The lowest BCUT2D eigenvalue weighted by molar-refractivity contribution is 0.111. The summed E-state index contributed by atoms with van der Waals surface area (Å²) in [5, 5.41) is 6.61. The highest BCUT2D eigenvalue weighted by Gasteiger charge is 2.23. The van der Waals surface area contributed by atoms with Gasteiger partial charge in [0.15, 0.2) is 5.96 Å². The van der Waals surface area contributed by atoms with Crippen LogP contribution in [0.15, 0.2) is 34.2 Å². The van der Waals surface area contributed by atoms with Crippen LogP contribution in [0.2, 0.25) is 0 Å². The standard InChI is InChI=1S/C17H25FN4O2S/c1-19-16(20-9-12-25-15-6-4-3-5-14(15)18)21-13-7-10-22(11-8-13)17(23)24-2/h3-6,13H,7-12H2,1-2H3,(H2,19,20,21). The zero-order valence-corrected chi connectivity index (χ0v) is 15.4. The molecule has 1 aliphatic rings. The summed E-state index contributed by atoms with van der Waals surface area (Å²) in [5.41, 5.74) is 0. The van der Waals surface area contributed by atoms with E-state index >= 15 is 0 Å². The quantitative estimate of drug-likeness (QED) is 0.361. The Morgan fingerprint density at radius 3 is 2.76 bits per heavy atom. The van der Waals surface area contributed by atoms with Gasteiger partial charge in [-0.15, -0.1) is 11.8 Å². The molecular weight excluding hydrogens is 343 g/mol. The number of carbonyl (C=O) groups excluding carboxylic acids is 1. The van der Waals surface area contributed by atoms with Gasteiger partial charge < -0.3 is 20.3 Å². The molecule has 1 aromatic rings. The minimum atomic E-state index is -0.272. The van der Waals surface area contributed by atoms with Crippen molar-refractivity contribution in [2.24, 2.45) is 4.99 Å². The fraction of sp³-hybridized carbons (Fsp3) is 0.529. The van der Waals surface area contributed by atoms with Crippen LogP contribution >= 0.6 is 11.8 Å². The number of hydrogen-bond acceptors (Lipinski definition) is 4. The highest BCUT2D eigenvalue weighted by atomic mass is 32.2. The Kier molecular flexibility index (Phi) is 7.84. The fourth-order valence-corrected chi connectivity index (χ4v) is 3.42. The van der Waals surface area contributed by atoms with Gasteiger partial charge in [0.2, 0.25) is 0 Å². The largest absolute Gasteiger partial charge is 0.453 e. The van der Waals surface area contributed by atoms with Gasteiger partial charge in [-0.1, -0.05) is 12.1 Å². The first-order valence-corrected chi connectivity index (χ1v) is 9.30. The molecule has 6 nitrogen and oxygen atoms in total. The van der Waals surface area contributed by atoms with Gasteiger partial charge in [0.05, 0.1) is 7.11 Å². The highest BCUT2D eigenvalue weighted by molar-refractivity contribution is 7.99. The van der Waals surface area contributed by atoms with Gasteiger partial charge in [0, 0.05) is 43.4 Å². The summed E-state index contributed by atoms with van der Waals surface area (Å²) in [6.45, 7) is 2.02. The molecule has 0 aliphatic carbocycles. The molecule has 8 heteroatoms. The number of methoxy groups -OCH3 is 1. The Morgan fingerprint density at radius 1 is 1.40 bits per heavy atom. The summed E-state index contributed by atoms with van der Waals surface area (Å²) in [5.74, 6) is 1.28. The molecule has 1 fully saturated rings. The second kappa shape index (κ2) is 10.1. The molecule has 0 unspecified atom stereocenters. The van der Waals surface area contributed by atoms with Crippen molar-refractivity contribution in [3.63, 3.8) is 0 Å². The molecule has 1 heterocycles. The zero-order chi connectivity index (χ0) is 18.1. The minimum Gasteiger partial charge on any atom is -0.453 e. The van der Waals surface area contributed by atoms with Crippen LogP contribution in [0, 0.1) is 5.82 Å². The first-order valence-electron chi connectivity index (χ1n) is 8.31. The third kappa shape index (κ3) is 6.12. The van der Waals surface area contributed by atoms with Gasteiger partial charge in [0.1, 0.15) is 5.82 Å². The monoisotopic (exact) mass is 368 g/mol. The molecular formula is C17H25FN4O2S. The number of halogens is 1. The summed E-state index contributed by atoms with van der Waals surface area (Å²) >= 11 is 1.47. The molecule has 0 radical (unpaired) electrons. The summed E-state index contributed by atoms with van der Waals surface area (Å²) in [6.07, 6.45) is 1.42. The van der Waals surface area contributed by atoms with E-state index in [1.807, 2.05) is 6.07 Å². The van der Waals surface area contributed by atoms with Crippen LogP contribution in [0.4, 0.5) is 9.18 Å². The van der Waals surface area contributed by atoms with Crippen molar-refractivity contribution in [2.45, 2.75) is 23.8 Å². The van der Waals surface area contributed by atoms with Crippen LogP contribution in [0.3, 0.4) is 0 Å². The zero-order valence-electron chi connectivity index (χ0n) is 14.6. The average Bonchev–Trinajstić information content (AvgIpc) is 2.65. The number of ether oxygens (including phenoxy) is 1. The van der Waals surface area contributed by atoms with Gasteiger partial charge >= 0.3 is 6.09 Å². The van der Waals surface area contributed by atoms with Crippen LogP contribution in [0.25, 0.3) is 0 Å². The maximum absolute atomic E-state index is 13.6. The van der Waals surface area contributed by atoms with Gasteiger partial charge in [-0.2, -0.15) is 0 Å². The van der Waals surface area contributed by atoms with E-state index in [0.29, 0.717) is 24.5 Å².